The van der Waals surface area contributed by atoms with Crippen LogP contribution in [-0.4, -0.2) is 67.5 Å². The van der Waals surface area contributed by atoms with Gasteiger partial charge in [0.25, 0.3) is 0 Å². The molecule has 0 radical (unpaired) electrons. The second kappa shape index (κ2) is 16.5. The Kier molecular flexibility index (Phi) is 12.5. The average Bonchev–Trinajstić information content (AvgIpc) is 3.01. The van der Waals surface area contributed by atoms with Gasteiger partial charge in [0.05, 0.1) is 0 Å². The van der Waals surface area contributed by atoms with E-state index >= 15 is 0 Å². The zero-order valence-corrected chi connectivity index (χ0v) is 24.2. The monoisotopic (exact) mass is 575 g/mol. The van der Waals surface area contributed by atoms with E-state index in [-0.39, 0.29) is 46.5 Å². The standard InChI is InChI=1S/C30H36B2NO7P/c1-22-28(41-32-31-36)27(34)26(20-37-18-24-13-7-3-8-14-24)40-29(22)39-21-33(17-23-11-5-2-6-12-23)30(35)38-19-25-15-9-4-10-16-25/h2-16,22,26-29,32,34,41H,17-21H2,1H3/t22?,26?,27-,28-,29+/m1/s1. The van der Waals surface area contributed by atoms with Crippen LogP contribution in [0.1, 0.15) is 23.6 Å². The zero-order chi connectivity index (χ0) is 28.9. The summed E-state index contributed by atoms with van der Waals surface area (Å²) < 4.78 is 35.1. The van der Waals surface area contributed by atoms with Gasteiger partial charge in [-0.3, -0.25) is 0 Å². The molecule has 0 aromatic heterocycles. The van der Waals surface area contributed by atoms with Crippen LogP contribution in [0.2, 0.25) is 0 Å². The number of aliphatic hydroxyl groups is 1. The third-order valence-corrected chi connectivity index (χ3v) is 8.70. The average molecular weight is 575 g/mol. The van der Waals surface area contributed by atoms with Gasteiger partial charge in [-0.2, -0.15) is 0 Å². The Morgan fingerprint density at radius 3 is 2.15 bits per heavy atom. The van der Waals surface area contributed by atoms with Gasteiger partial charge in [-0.1, -0.05) is 36.4 Å². The summed E-state index contributed by atoms with van der Waals surface area (Å²) in [6.45, 7) is 3.19. The van der Waals surface area contributed by atoms with Crippen LogP contribution in [0.4, 0.5) is 4.79 Å². The summed E-state index contributed by atoms with van der Waals surface area (Å²) in [6, 6.07) is 28.9. The third kappa shape index (κ3) is 9.59. The fraction of sp³-hybridized carbons (Fsp3) is 0.367. The van der Waals surface area contributed by atoms with E-state index in [1.54, 1.807) is 0 Å². The molecule has 1 N–H and O–H groups in total. The van der Waals surface area contributed by atoms with Crippen molar-refractivity contribution >= 4 is 28.5 Å². The number of rotatable bonds is 14. The molecular weight excluding hydrogens is 539 g/mol. The van der Waals surface area contributed by atoms with Gasteiger partial charge in [0.2, 0.25) is 0 Å². The number of aliphatic hydroxyl groups excluding tert-OH is 1. The molecule has 4 rings (SSSR count). The number of carbonyl (C=O) groups excluding carboxylic acids is 1. The summed E-state index contributed by atoms with van der Waals surface area (Å²) in [5.74, 6) is -0.215. The van der Waals surface area contributed by atoms with Crippen molar-refractivity contribution < 1.29 is 33.6 Å². The third-order valence-electron chi connectivity index (χ3n) is 6.96. The molecule has 1 heterocycles. The molecule has 1 fully saturated rings. The molecular formula is C30H36B2NO7P. The van der Waals surface area contributed by atoms with Gasteiger partial charge in [-0.05, 0) is 0 Å². The molecule has 1 saturated heterocycles. The Morgan fingerprint density at radius 2 is 1.54 bits per heavy atom. The molecule has 11 heteroatoms. The molecule has 214 valence electrons. The van der Waals surface area contributed by atoms with E-state index in [0.717, 1.165) is 23.7 Å². The molecule has 3 aromatic carbocycles. The SMILES string of the molecule is CC1[C@@H](OCN(Cc2ccccc2)C(=O)OCc2ccccc2)OC(COCc2ccccc2)[C@@H](O)[C@@H]1PBB=O. The summed E-state index contributed by atoms with van der Waals surface area (Å²) in [5, 5.41) is 11.1. The van der Waals surface area contributed by atoms with E-state index in [2.05, 4.69) is 0 Å². The van der Waals surface area contributed by atoms with Crippen LogP contribution in [0, 0.1) is 5.92 Å². The molecule has 0 aliphatic carbocycles. The topological polar surface area (TPSA) is 94.5 Å². The van der Waals surface area contributed by atoms with E-state index in [1.165, 1.54) is 4.90 Å². The second-order valence-corrected chi connectivity index (χ2v) is 11.5. The molecule has 8 nitrogen and oxygen atoms in total. The van der Waals surface area contributed by atoms with Crippen LogP contribution >= 0.6 is 8.46 Å². The summed E-state index contributed by atoms with van der Waals surface area (Å²) in [4.78, 5) is 14.6. The molecule has 1 aliphatic heterocycles. The fourth-order valence-electron chi connectivity index (χ4n) is 4.72. The Labute approximate surface area is 244 Å². The van der Waals surface area contributed by atoms with Crippen molar-refractivity contribution in [2.24, 2.45) is 5.92 Å². The normalized spacial score (nSPS) is 22.2. The number of carbonyl (C=O) groups is 1. The predicted octanol–water partition coefficient (Wildman–Crippen LogP) is 4.10. The van der Waals surface area contributed by atoms with Gasteiger partial charge in [0.15, 0.2) is 0 Å². The van der Waals surface area contributed by atoms with Crippen LogP contribution in [-0.2, 0) is 43.4 Å². The minimum atomic E-state index is -0.810. The first-order valence-electron chi connectivity index (χ1n) is 13.8. The van der Waals surface area contributed by atoms with E-state index in [4.69, 9.17) is 18.9 Å². The quantitative estimate of drug-likeness (QED) is 0.176. The minimum absolute atomic E-state index is 0.0747. The van der Waals surface area contributed by atoms with Gasteiger partial charge in [0, 0.05) is 0 Å². The van der Waals surface area contributed by atoms with Crippen LogP contribution in [0.15, 0.2) is 91.0 Å². The molecule has 6 atom stereocenters. The van der Waals surface area contributed by atoms with Crippen molar-refractivity contribution in [2.45, 2.75) is 50.8 Å². The molecule has 0 bridgehead atoms. The van der Waals surface area contributed by atoms with Gasteiger partial charge in [0.1, 0.15) is 0 Å². The summed E-state index contributed by atoms with van der Waals surface area (Å²) in [5.41, 5.74) is 2.62. The van der Waals surface area contributed by atoms with E-state index < -0.39 is 24.6 Å². The number of hydrogen-bond donors (Lipinski definition) is 1. The first kappa shape index (κ1) is 31.1. The van der Waals surface area contributed by atoms with Crippen molar-refractivity contribution in [3.63, 3.8) is 0 Å². The zero-order valence-electron chi connectivity index (χ0n) is 23.2. The molecule has 0 saturated carbocycles. The Bertz CT molecular complexity index is 1200. The van der Waals surface area contributed by atoms with Crippen LogP contribution in [0.5, 0.6) is 0 Å². The van der Waals surface area contributed by atoms with Gasteiger partial charge in [-0.15, -0.1) is 0 Å². The van der Waals surface area contributed by atoms with Crippen molar-refractivity contribution in [2.75, 3.05) is 13.3 Å². The number of nitrogens with zero attached hydrogens (tertiary/aromatic N) is 1. The summed E-state index contributed by atoms with van der Waals surface area (Å²) in [6.07, 6.45) is -2.68. The van der Waals surface area contributed by atoms with Crippen molar-refractivity contribution in [3.8, 4) is 0 Å². The number of benzene rings is 3. The van der Waals surface area contributed by atoms with Crippen LogP contribution in [0.3, 0.4) is 0 Å². The van der Waals surface area contributed by atoms with Crippen LogP contribution in [0.25, 0.3) is 0 Å². The second-order valence-electron chi connectivity index (χ2n) is 10.0. The molecule has 3 aromatic rings. The maximum absolute atomic E-state index is 13.2. The molecule has 41 heavy (non-hydrogen) atoms. The molecule has 1 amide bonds. The van der Waals surface area contributed by atoms with Crippen molar-refractivity contribution in [1.29, 1.82) is 0 Å². The fourth-order valence-corrected chi connectivity index (χ4v) is 6.07. The first-order chi connectivity index (χ1) is 20.0. The molecule has 3 unspecified atom stereocenters. The van der Waals surface area contributed by atoms with E-state index in [0.29, 0.717) is 13.5 Å². The summed E-state index contributed by atoms with van der Waals surface area (Å²) >= 11 is 0. The van der Waals surface area contributed by atoms with Crippen LogP contribution < -0.4 is 0 Å². The Balaban J connectivity index is 1.42. The van der Waals surface area contributed by atoms with Crippen molar-refractivity contribution in [3.05, 3.63) is 108 Å². The van der Waals surface area contributed by atoms with Gasteiger partial charge < -0.3 is 0 Å². The summed E-state index contributed by atoms with van der Waals surface area (Å²) in [7, 11) is 1.08. The molecule has 1 aliphatic rings. The Hall–Kier alpha value is -2.87. The van der Waals surface area contributed by atoms with Gasteiger partial charge >= 0.3 is 208 Å². The van der Waals surface area contributed by atoms with E-state index in [1.807, 2.05) is 97.9 Å². The number of amides is 1. The maximum atomic E-state index is 13.2. The molecule has 0 spiro atoms. The first-order valence-corrected chi connectivity index (χ1v) is 15.1. The number of ether oxygens (including phenoxy) is 4. The van der Waals surface area contributed by atoms with Gasteiger partial charge in [-0.25, -0.2) is 0 Å². The van der Waals surface area contributed by atoms with Crippen molar-refractivity contribution in [1.82, 2.24) is 4.90 Å². The predicted molar refractivity (Wildman–Crippen MR) is 160 cm³/mol. The van der Waals surface area contributed by atoms with E-state index in [9.17, 15) is 14.6 Å². The number of hydrogen-bond acceptors (Lipinski definition) is 7. The Morgan fingerprint density at radius 1 is 0.951 bits per heavy atom.